The molecule has 10 heavy (non-hydrogen) atoms. The molecule has 4 nitrogen and oxygen atoms in total. The highest BCUT2D eigenvalue weighted by Gasteiger charge is 2.19. The summed E-state index contributed by atoms with van der Waals surface area (Å²) in [7, 11) is -3.95. The van der Waals surface area contributed by atoms with Gasteiger partial charge in [-0.15, -0.1) is 8.42 Å². The molecule has 0 fully saturated rings. The monoisotopic (exact) mass is 162 g/mol. The molecule has 5 heteroatoms. The first-order valence-corrected chi connectivity index (χ1v) is 4.21. The number of nitrogens with one attached hydrogen (secondary N) is 1. The van der Waals surface area contributed by atoms with E-state index in [9.17, 15) is 8.42 Å². The summed E-state index contributed by atoms with van der Waals surface area (Å²) in [5, 5.41) is 0. The summed E-state index contributed by atoms with van der Waals surface area (Å²) in [5.74, 6) is 0. The first-order valence-electron chi connectivity index (χ1n) is 2.77. The van der Waals surface area contributed by atoms with Gasteiger partial charge in [-0.1, -0.05) is 6.08 Å². The van der Waals surface area contributed by atoms with E-state index < -0.39 is 10.3 Å². The largest absolute Gasteiger partial charge is 0.436 e. The topological polar surface area (TPSA) is 58.8 Å². The molecule has 0 aromatic rings. The fourth-order valence-corrected chi connectivity index (χ4v) is 1.24. The standard InChI is InChI=1S/C5H7NO3S/c7-10(8,9)6-4-2-1-3-5-6/h1-4H,5H2,(H,7,8,9)/p+1. The first kappa shape index (κ1) is 7.46. The van der Waals surface area contributed by atoms with Crippen molar-refractivity contribution < 1.29 is 17.3 Å². The zero-order chi connectivity index (χ0) is 7.61. The van der Waals surface area contributed by atoms with Crippen LogP contribution in [0.25, 0.3) is 0 Å². The van der Waals surface area contributed by atoms with E-state index in [2.05, 4.69) is 0 Å². The smallest absolute Gasteiger partial charge is 0.241 e. The Labute approximate surface area is 59.3 Å². The second-order valence-electron chi connectivity index (χ2n) is 1.93. The van der Waals surface area contributed by atoms with E-state index in [4.69, 9.17) is 4.55 Å². The van der Waals surface area contributed by atoms with Crippen molar-refractivity contribution in [2.24, 2.45) is 0 Å². The average molecular weight is 162 g/mol. The van der Waals surface area contributed by atoms with Gasteiger partial charge < -0.3 is 0 Å². The van der Waals surface area contributed by atoms with Gasteiger partial charge >= 0.3 is 10.3 Å². The number of hydrogen-bond donors (Lipinski definition) is 2. The summed E-state index contributed by atoms with van der Waals surface area (Å²) in [5.41, 5.74) is 0. The minimum absolute atomic E-state index is 0.0509. The van der Waals surface area contributed by atoms with Gasteiger partial charge in [0.25, 0.3) is 0 Å². The number of hydrogen-bond acceptors (Lipinski definition) is 2. The highest BCUT2D eigenvalue weighted by molar-refractivity contribution is 7.79. The normalized spacial score (nSPS) is 25.1. The maximum absolute atomic E-state index is 10.4. The zero-order valence-corrected chi connectivity index (χ0v) is 6.00. The molecule has 1 rings (SSSR count). The van der Waals surface area contributed by atoms with Gasteiger partial charge in [-0.3, -0.25) is 0 Å². The van der Waals surface area contributed by atoms with Gasteiger partial charge in [-0.2, -0.15) is 4.31 Å². The van der Waals surface area contributed by atoms with Crippen LogP contribution >= 0.6 is 0 Å². The van der Waals surface area contributed by atoms with Crippen LogP contribution in [0.2, 0.25) is 0 Å². The maximum Gasteiger partial charge on any atom is 0.436 e. The Morgan fingerprint density at radius 3 is 2.40 bits per heavy atom. The second-order valence-corrected chi connectivity index (χ2v) is 3.41. The predicted octanol–water partition coefficient (Wildman–Crippen LogP) is -1.24. The summed E-state index contributed by atoms with van der Waals surface area (Å²) >= 11 is 0. The quantitative estimate of drug-likeness (QED) is 0.474. The van der Waals surface area contributed by atoms with Gasteiger partial charge in [-0.05, 0) is 12.2 Å². The molecular weight excluding hydrogens is 154 g/mol. The molecule has 0 aromatic carbocycles. The van der Waals surface area contributed by atoms with Crippen LogP contribution in [0.4, 0.5) is 0 Å². The van der Waals surface area contributed by atoms with Gasteiger partial charge in [0.2, 0.25) is 0 Å². The Bertz CT molecular complexity index is 265. The summed E-state index contributed by atoms with van der Waals surface area (Å²) < 4.78 is 29.4. The van der Waals surface area contributed by atoms with E-state index in [1.165, 1.54) is 6.20 Å². The molecule has 1 aliphatic heterocycles. The molecular formula is C5H8NO3S+. The van der Waals surface area contributed by atoms with Crippen LogP contribution in [0, 0.1) is 0 Å². The van der Waals surface area contributed by atoms with Crippen LogP contribution in [-0.2, 0) is 10.3 Å². The van der Waals surface area contributed by atoms with E-state index in [1.54, 1.807) is 18.2 Å². The Hall–Kier alpha value is -0.650. The maximum atomic E-state index is 10.4. The van der Waals surface area contributed by atoms with Crippen molar-refractivity contribution >= 4 is 10.3 Å². The van der Waals surface area contributed by atoms with Crippen molar-refractivity contribution in [2.75, 3.05) is 6.54 Å². The van der Waals surface area contributed by atoms with Crippen LogP contribution in [0.3, 0.4) is 0 Å². The minimum atomic E-state index is -3.95. The minimum Gasteiger partial charge on any atom is -0.241 e. The van der Waals surface area contributed by atoms with Crippen molar-refractivity contribution in [3.63, 3.8) is 0 Å². The molecule has 0 saturated carbocycles. The molecule has 0 bridgehead atoms. The summed E-state index contributed by atoms with van der Waals surface area (Å²) in [6.45, 7) is 0.287. The molecule has 0 aromatic heterocycles. The fraction of sp³-hybridized carbons (Fsp3) is 0.200. The van der Waals surface area contributed by atoms with Gasteiger partial charge in [-0.25, -0.2) is 4.55 Å². The first-order chi connectivity index (χ1) is 4.61. The third-order valence-corrected chi connectivity index (χ3v) is 2.15. The predicted molar refractivity (Wildman–Crippen MR) is 35.7 cm³/mol. The number of rotatable bonds is 1. The summed E-state index contributed by atoms with van der Waals surface area (Å²) in [4.78, 5) is 0. The molecule has 2 N–H and O–H groups in total. The molecule has 0 amide bonds. The fourth-order valence-electron chi connectivity index (χ4n) is 0.685. The Balaban J connectivity index is 2.79. The van der Waals surface area contributed by atoms with Gasteiger partial charge in [0, 0.05) is 0 Å². The van der Waals surface area contributed by atoms with Gasteiger partial charge in [0.15, 0.2) is 0 Å². The van der Waals surface area contributed by atoms with Crippen molar-refractivity contribution in [1.82, 2.24) is 0 Å². The number of quaternary nitrogens is 1. The molecule has 1 heterocycles. The highest BCUT2D eigenvalue weighted by Crippen LogP contribution is 1.78. The molecule has 0 saturated heterocycles. The lowest BCUT2D eigenvalue weighted by Gasteiger charge is -2.08. The van der Waals surface area contributed by atoms with Gasteiger partial charge in [0.05, 0.1) is 0 Å². The molecule has 1 aliphatic rings. The lowest BCUT2D eigenvalue weighted by molar-refractivity contribution is -0.704. The Kier molecular flexibility index (Phi) is 1.89. The lowest BCUT2D eigenvalue weighted by atomic mass is 10.4. The lowest BCUT2D eigenvalue weighted by Crippen LogP contribution is -3.09. The molecule has 0 aliphatic carbocycles. The second kappa shape index (κ2) is 2.53. The zero-order valence-electron chi connectivity index (χ0n) is 5.19. The van der Waals surface area contributed by atoms with E-state index in [-0.39, 0.29) is 10.8 Å². The summed E-state index contributed by atoms with van der Waals surface area (Å²) in [6.07, 6.45) is 6.36. The SMILES string of the molecule is O=S(=O)(O)[NH+]1C=CC=CC1. The van der Waals surface area contributed by atoms with Crippen molar-refractivity contribution in [3.05, 3.63) is 24.4 Å². The van der Waals surface area contributed by atoms with Crippen LogP contribution in [0.1, 0.15) is 0 Å². The van der Waals surface area contributed by atoms with Crippen molar-refractivity contribution in [3.8, 4) is 0 Å². The van der Waals surface area contributed by atoms with Crippen LogP contribution in [-0.4, -0.2) is 19.5 Å². The highest BCUT2D eigenvalue weighted by atomic mass is 32.2. The van der Waals surface area contributed by atoms with Gasteiger partial charge in [0.1, 0.15) is 12.7 Å². The van der Waals surface area contributed by atoms with E-state index in [0.29, 0.717) is 0 Å². The third kappa shape index (κ3) is 1.66. The van der Waals surface area contributed by atoms with Crippen LogP contribution in [0.5, 0.6) is 0 Å². The average Bonchev–Trinajstić information content (AvgIpc) is 1.88. The number of allylic oxidation sites excluding steroid dienone is 2. The van der Waals surface area contributed by atoms with E-state index in [1.807, 2.05) is 0 Å². The third-order valence-electron chi connectivity index (χ3n) is 1.18. The molecule has 0 radical (unpaired) electrons. The Morgan fingerprint density at radius 2 is 2.10 bits per heavy atom. The molecule has 56 valence electrons. The van der Waals surface area contributed by atoms with Crippen LogP contribution in [0.15, 0.2) is 24.4 Å². The van der Waals surface area contributed by atoms with E-state index >= 15 is 0 Å². The van der Waals surface area contributed by atoms with E-state index in [0.717, 1.165) is 0 Å². The summed E-state index contributed by atoms with van der Waals surface area (Å²) in [6, 6.07) is 0. The molecule has 0 spiro atoms. The molecule has 1 unspecified atom stereocenters. The van der Waals surface area contributed by atoms with Crippen molar-refractivity contribution in [2.45, 2.75) is 0 Å². The van der Waals surface area contributed by atoms with Crippen molar-refractivity contribution in [1.29, 1.82) is 0 Å². The van der Waals surface area contributed by atoms with Crippen LogP contribution < -0.4 is 4.31 Å². The Morgan fingerprint density at radius 1 is 1.40 bits per heavy atom. The molecule has 1 atom stereocenters.